The van der Waals surface area contributed by atoms with Crippen LogP contribution in [0.15, 0.2) is 4.42 Å². The van der Waals surface area contributed by atoms with Crippen LogP contribution >= 0.6 is 11.3 Å². The van der Waals surface area contributed by atoms with Gasteiger partial charge in [0.1, 0.15) is 10.0 Å². The Bertz CT molecular complexity index is 680. The number of hydrogen-bond donors (Lipinski definition) is 0. The second-order valence-electron chi connectivity index (χ2n) is 10.6. The van der Waals surface area contributed by atoms with Gasteiger partial charge < -0.3 is 4.42 Å². The zero-order chi connectivity index (χ0) is 20.0. The van der Waals surface area contributed by atoms with Crippen molar-refractivity contribution in [3.63, 3.8) is 0 Å². The molecular formula is C20H34N4OS. The highest BCUT2D eigenvalue weighted by Gasteiger charge is 2.34. The molecule has 0 amide bonds. The van der Waals surface area contributed by atoms with E-state index in [9.17, 15) is 0 Å². The molecule has 0 aromatic carbocycles. The highest BCUT2D eigenvalue weighted by Crippen LogP contribution is 2.38. The van der Waals surface area contributed by atoms with Crippen molar-refractivity contribution < 1.29 is 4.42 Å². The van der Waals surface area contributed by atoms with E-state index in [-0.39, 0.29) is 21.7 Å². The summed E-state index contributed by atoms with van der Waals surface area (Å²) in [5.74, 6) is 1.41. The Kier molecular flexibility index (Phi) is 5.41. The third-order valence-corrected chi connectivity index (χ3v) is 6.38. The second kappa shape index (κ2) is 6.70. The van der Waals surface area contributed by atoms with E-state index in [2.05, 4.69) is 89.6 Å². The van der Waals surface area contributed by atoms with Crippen molar-refractivity contribution in [2.45, 2.75) is 104 Å². The molecule has 2 aromatic rings. The largest absolute Gasteiger partial charge is 0.424 e. The lowest BCUT2D eigenvalue weighted by Gasteiger charge is -2.27. The van der Waals surface area contributed by atoms with Crippen molar-refractivity contribution >= 4 is 11.3 Å². The van der Waals surface area contributed by atoms with Crippen molar-refractivity contribution in [2.24, 2.45) is 0 Å². The van der Waals surface area contributed by atoms with E-state index in [0.29, 0.717) is 11.8 Å². The predicted octanol–water partition coefficient (Wildman–Crippen LogP) is 5.55. The molecule has 0 spiro atoms. The van der Waals surface area contributed by atoms with Gasteiger partial charge in [0.15, 0.2) is 0 Å². The Morgan fingerprint density at radius 2 is 1.12 bits per heavy atom. The molecule has 2 heterocycles. The Hall–Kier alpha value is -1.30. The summed E-state index contributed by atoms with van der Waals surface area (Å²) in [5.41, 5.74) is -0.300. The quantitative estimate of drug-likeness (QED) is 0.682. The van der Waals surface area contributed by atoms with Crippen LogP contribution < -0.4 is 0 Å². The number of hydrogen-bond acceptors (Lipinski definition) is 6. The van der Waals surface area contributed by atoms with Crippen LogP contribution in [-0.4, -0.2) is 20.4 Å². The average molecular weight is 379 g/mol. The van der Waals surface area contributed by atoms with Crippen molar-refractivity contribution in [2.75, 3.05) is 0 Å². The van der Waals surface area contributed by atoms with Crippen LogP contribution in [-0.2, 0) is 21.7 Å². The van der Waals surface area contributed by atoms with E-state index in [1.54, 1.807) is 11.3 Å². The lowest BCUT2D eigenvalue weighted by Crippen LogP contribution is -2.24. The normalized spacial score (nSPS) is 14.1. The SMILES string of the molecule is CC(C)(C)c1nnc(C(C)(C)CCC(C)(C)c2nnc(C(C)(C)C)s2)o1. The van der Waals surface area contributed by atoms with Gasteiger partial charge in [-0.3, -0.25) is 0 Å². The predicted molar refractivity (Wildman–Crippen MR) is 107 cm³/mol. The van der Waals surface area contributed by atoms with Gasteiger partial charge in [-0.2, -0.15) is 0 Å². The maximum atomic E-state index is 5.99. The molecule has 0 fully saturated rings. The summed E-state index contributed by atoms with van der Waals surface area (Å²) in [6, 6.07) is 0. The van der Waals surface area contributed by atoms with Gasteiger partial charge in [-0.25, -0.2) is 0 Å². The minimum Gasteiger partial charge on any atom is -0.424 e. The Morgan fingerprint density at radius 1 is 0.615 bits per heavy atom. The summed E-state index contributed by atoms with van der Waals surface area (Å²) in [6.07, 6.45) is 1.92. The lowest BCUT2D eigenvalue weighted by molar-refractivity contribution is 0.287. The first-order valence-electron chi connectivity index (χ1n) is 9.32. The lowest BCUT2D eigenvalue weighted by atomic mass is 9.79. The molecule has 2 rings (SSSR count). The zero-order valence-corrected chi connectivity index (χ0v) is 18.8. The molecule has 0 aliphatic rings. The fraction of sp³-hybridized carbons (Fsp3) is 0.800. The number of nitrogens with zero attached hydrogens (tertiary/aromatic N) is 4. The molecule has 5 nitrogen and oxygen atoms in total. The molecule has 0 radical (unpaired) electrons. The first-order chi connectivity index (χ1) is 11.6. The van der Waals surface area contributed by atoms with Crippen LogP contribution in [0.2, 0.25) is 0 Å². The Balaban J connectivity index is 2.12. The average Bonchev–Trinajstić information content (AvgIpc) is 3.13. The minimum atomic E-state index is -0.175. The smallest absolute Gasteiger partial charge is 0.222 e. The molecule has 0 saturated carbocycles. The molecule has 0 aliphatic carbocycles. The fourth-order valence-electron chi connectivity index (χ4n) is 2.44. The zero-order valence-electron chi connectivity index (χ0n) is 18.0. The van der Waals surface area contributed by atoms with Crippen LogP contribution in [0.3, 0.4) is 0 Å². The Labute approximate surface area is 162 Å². The monoisotopic (exact) mass is 378 g/mol. The molecule has 0 unspecified atom stereocenters. The van der Waals surface area contributed by atoms with Gasteiger partial charge >= 0.3 is 0 Å². The highest BCUT2D eigenvalue weighted by atomic mass is 32.1. The molecule has 26 heavy (non-hydrogen) atoms. The number of rotatable bonds is 5. The van der Waals surface area contributed by atoms with E-state index in [1.165, 1.54) is 0 Å². The third-order valence-electron chi connectivity index (χ3n) is 4.67. The van der Waals surface area contributed by atoms with Crippen LogP contribution in [0.25, 0.3) is 0 Å². The van der Waals surface area contributed by atoms with E-state index in [0.717, 1.165) is 22.9 Å². The molecule has 0 N–H and O–H groups in total. The molecule has 146 valence electrons. The van der Waals surface area contributed by atoms with Crippen molar-refractivity contribution in [3.05, 3.63) is 21.8 Å². The molecule has 0 saturated heterocycles. The maximum absolute atomic E-state index is 5.99. The summed E-state index contributed by atoms with van der Waals surface area (Å²) in [6.45, 7) is 21.6. The standard InChI is InChI=1S/C20H34N4OS/c1-17(2,3)13-21-22-14(25-13)19(7,8)11-12-20(9,10)16-24-23-15(26-16)18(4,5)6/h11-12H2,1-10H3. The maximum Gasteiger partial charge on any atom is 0.222 e. The van der Waals surface area contributed by atoms with Crippen molar-refractivity contribution in [3.8, 4) is 0 Å². The molecule has 0 atom stereocenters. The molecule has 0 aliphatic heterocycles. The Morgan fingerprint density at radius 3 is 1.58 bits per heavy atom. The summed E-state index contributed by atoms with van der Waals surface area (Å²) in [4.78, 5) is 0. The van der Waals surface area contributed by atoms with Crippen molar-refractivity contribution in [1.29, 1.82) is 0 Å². The van der Waals surface area contributed by atoms with Crippen LogP contribution in [0, 0.1) is 0 Å². The first-order valence-corrected chi connectivity index (χ1v) is 10.1. The molecule has 6 heteroatoms. The van der Waals surface area contributed by atoms with Crippen LogP contribution in [0.5, 0.6) is 0 Å². The van der Waals surface area contributed by atoms with Gasteiger partial charge in [-0.15, -0.1) is 31.7 Å². The van der Waals surface area contributed by atoms with Gasteiger partial charge in [0.25, 0.3) is 0 Å². The van der Waals surface area contributed by atoms with Gasteiger partial charge in [0.2, 0.25) is 11.8 Å². The van der Waals surface area contributed by atoms with E-state index in [4.69, 9.17) is 4.42 Å². The van der Waals surface area contributed by atoms with E-state index in [1.807, 2.05) is 0 Å². The van der Waals surface area contributed by atoms with Gasteiger partial charge in [-0.05, 0) is 12.8 Å². The van der Waals surface area contributed by atoms with Gasteiger partial charge in [0, 0.05) is 21.7 Å². The van der Waals surface area contributed by atoms with Crippen LogP contribution in [0.1, 0.15) is 104 Å². The third kappa shape index (κ3) is 4.70. The molecular weight excluding hydrogens is 344 g/mol. The van der Waals surface area contributed by atoms with E-state index >= 15 is 0 Å². The summed E-state index contributed by atoms with van der Waals surface area (Å²) in [7, 11) is 0. The fourth-order valence-corrected chi connectivity index (χ4v) is 3.47. The minimum absolute atomic E-state index is 0.0364. The van der Waals surface area contributed by atoms with E-state index < -0.39 is 0 Å². The van der Waals surface area contributed by atoms with Crippen molar-refractivity contribution in [1.82, 2.24) is 20.4 Å². The first kappa shape index (κ1) is 21.0. The van der Waals surface area contributed by atoms with Gasteiger partial charge in [-0.1, -0.05) is 69.2 Å². The summed E-state index contributed by atoms with van der Waals surface area (Å²) >= 11 is 1.73. The summed E-state index contributed by atoms with van der Waals surface area (Å²) in [5, 5.41) is 19.7. The second-order valence-corrected chi connectivity index (χ2v) is 11.6. The molecule has 2 aromatic heterocycles. The number of aromatic nitrogens is 4. The highest BCUT2D eigenvalue weighted by molar-refractivity contribution is 7.11. The molecule has 0 bridgehead atoms. The topological polar surface area (TPSA) is 64.7 Å². The van der Waals surface area contributed by atoms with Gasteiger partial charge in [0.05, 0.1) is 0 Å². The summed E-state index contributed by atoms with van der Waals surface area (Å²) < 4.78 is 5.99. The van der Waals surface area contributed by atoms with Crippen LogP contribution in [0.4, 0.5) is 0 Å².